The monoisotopic (exact) mass is 290 g/mol. The molecule has 106 valence electrons. The minimum atomic E-state index is 0.604. The van der Waals surface area contributed by atoms with Gasteiger partial charge < -0.3 is 9.47 Å². The normalized spacial score (nSPS) is 10.3. The minimum absolute atomic E-state index is 0.604. The highest BCUT2D eigenvalue weighted by molar-refractivity contribution is 7.98. The third-order valence-corrected chi connectivity index (χ3v) is 3.69. The number of methoxy groups -OCH3 is 1. The molecule has 0 fully saturated rings. The van der Waals surface area contributed by atoms with E-state index in [1.807, 2.05) is 25.1 Å². The first kappa shape index (κ1) is 14.7. The van der Waals surface area contributed by atoms with Gasteiger partial charge in [-0.1, -0.05) is 17.7 Å². The average molecular weight is 290 g/mol. The number of nitrogens with zero attached hydrogens (tertiary/aromatic N) is 2. The molecule has 0 unspecified atom stereocenters. The number of ether oxygens (including phenoxy) is 2. The van der Waals surface area contributed by atoms with Crippen molar-refractivity contribution in [1.29, 1.82) is 0 Å². The van der Waals surface area contributed by atoms with E-state index in [1.54, 1.807) is 18.9 Å². The second kappa shape index (κ2) is 7.14. The van der Waals surface area contributed by atoms with Crippen molar-refractivity contribution in [1.82, 2.24) is 9.97 Å². The molecular weight excluding hydrogens is 272 g/mol. The summed E-state index contributed by atoms with van der Waals surface area (Å²) >= 11 is 1.64. The van der Waals surface area contributed by atoms with Gasteiger partial charge in [-0.25, -0.2) is 9.97 Å². The minimum Gasteiger partial charge on any atom is -0.496 e. The molecule has 0 bridgehead atoms. The number of rotatable bonds is 6. The lowest BCUT2D eigenvalue weighted by Crippen LogP contribution is -1.96. The fourth-order valence-electron chi connectivity index (χ4n) is 1.80. The largest absolute Gasteiger partial charge is 0.496 e. The Balaban J connectivity index is 2.08. The molecule has 0 aliphatic rings. The third-order valence-electron chi connectivity index (χ3n) is 2.72. The van der Waals surface area contributed by atoms with Crippen LogP contribution in [-0.4, -0.2) is 23.7 Å². The Morgan fingerprint density at radius 3 is 2.80 bits per heavy atom. The van der Waals surface area contributed by atoms with Gasteiger partial charge in [0, 0.05) is 17.4 Å². The van der Waals surface area contributed by atoms with E-state index in [0.29, 0.717) is 12.5 Å². The summed E-state index contributed by atoms with van der Waals surface area (Å²) in [5, 5.41) is 0.895. The first-order valence-electron chi connectivity index (χ1n) is 6.44. The Bertz CT molecular complexity index is 576. The Hall–Kier alpha value is -1.75. The molecule has 5 heteroatoms. The van der Waals surface area contributed by atoms with Crippen LogP contribution in [0.5, 0.6) is 11.6 Å². The highest BCUT2D eigenvalue weighted by Gasteiger charge is 2.06. The van der Waals surface area contributed by atoms with Gasteiger partial charge in [-0.3, -0.25) is 0 Å². The van der Waals surface area contributed by atoms with Gasteiger partial charge in [0.2, 0.25) is 5.88 Å². The maximum absolute atomic E-state index is 5.38. The van der Waals surface area contributed by atoms with Crippen LogP contribution < -0.4 is 9.47 Å². The van der Waals surface area contributed by atoms with E-state index in [1.165, 1.54) is 11.9 Å². The lowest BCUT2D eigenvalue weighted by atomic mass is 10.1. The van der Waals surface area contributed by atoms with Gasteiger partial charge >= 0.3 is 0 Å². The molecule has 4 nitrogen and oxygen atoms in total. The lowest BCUT2D eigenvalue weighted by molar-refractivity contribution is 0.325. The molecule has 2 aromatic rings. The summed E-state index contributed by atoms with van der Waals surface area (Å²) < 4.78 is 10.8. The Labute approximate surface area is 123 Å². The summed E-state index contributed by atoms with van der Waals surface area (Å²) in [4.78, 5) is 8.31. The molecule has 0 saturated heterocycles. The maximum Gasteiger partial charge on any atom is 0.217 e. The van der Waals surface area contributed by atoms with Crippen molar-refractivity contribution >= 4 is 11.8 Å². The van der Waals surface area contributed by atoms with Crippen LogP contribution in [0.4, 0.5) is 0 Å². The van der Waals surface area contributed by atoms with E-state index < -0.39 is 0 Å². The van der Waals surface area contributed by atoms with E-state index in [2.05, 4.69) is 23.0 Å². The fraction of sp³-hybridized carbons (Fsp3) is 0.333. The number of benzene rings is 1. The van der Waals surface area contributed by atoms with Crippen molar-refractivity contribution < 1.29 is 9.47 Å². The van der Waals surface area contributed by atoms with E-state index in [4.69, 9.17) is 9.47 Å². The lowest BCUT2D eigenvalue weighted by Gasteiger charge is -2.09. The number of thioether (sulfide) groups is 1. The summed E-state index contributed by atoms with van der Waals surface area (Å²) in [6.45, 7) is 4.62. The second-order valence-corrected chi connectivity index (χ2v) is 5.23. The van der Waals surface area contributed by atoms with E-state index in [-0.39, 0.29) is 0 Å². The van der Waals surface area contributed by atoms with Gasteiger partial charge in [0.05, 0.1) is 13.7 Å². The second-order valence-electron chi connectivity index (χ2n) is 4.23. The molecule has 0 atom stereocenters. The fourth-order valence-corrected chi connectivity index (χ4v) is 2.64. The van der Waals surface area contributed by atoms with Gasteiger partial charge in [-0.05, 0) is 19.9 Å². The van der Waals surface area contributed by atoms with Crippen LogP contribution in [-0.2, 0) is 5.75 Å². The Kier molecular flexibility index (Phi) is 5.24. The van der Waals surface area contributed by atoms with Crippen molar-refractivity contribution in [2.45, 2.75) is 24.6 Å². The summed E-state index contributed by atoms with van der Waals surface area (Å²) in [6.07, 6.45) is 1.53. The highest BCUT2D eigenvalue weighted by Crippen LogP contribution is 2.28. The summed E-state index contributed by atoms with van der Waals surface area (Å²) in [7, 11) is 1.69. The predicted molar refractivity (Wildman–Crippen MR) is 80.5 cm³/mol. The number of hydrogen-bond acceptors (Lipinski definition) is 5. The molecule has 0 spiro atoms. The van der Waals surface area contributed by atoms with Crippen LogP contribution in [0.2, 0.25) is 0 Å². The van der Waals surface area contributed by atoms with E-state index >= 15 is 0 Å². The van der Waals surface area contributed by atoms with Crippen LogP contribution >= 0.6 is 11.8 Å². The predicted octanol–water partition coefficient (Wildman–Crippen LogP) is 3.48. The zero-order valence-electron chi connectivity index (χ0n) is 11.9. The van der Waals surface area contributed by atoms with Crippen LogP contribution in [0.15, 0.2) is 35.6 Å². The number of aromatic nitrogens is 2. The molecule has 1 aromatic carbocycles. The summed E-state index contributed by atoms with van der Waals surface area (Å²) in [5.74, 6) is 2.32. The van der Waals surface area contributed by atoms with Gasteiger partial charge in [-0.15, -0.1) is 11.8 Å². The van der Waals surface area contributed by atoms with Gasteiger partial charge in [0.25, 0.3) is 0 Å². The molecular formula is C15H18N2O2S. The van der Waals surface area contributed by atoms with Gasteiger partial charge in [0.15, 0.2) is 0 Å². The third kappa shape index (κ3) is 3.87. The number of hydrogen-bond donors (Lipinski definition) is 0. The van der Waals surface area contributed by atoms with Crippen molar-refractivity contribution in [2.75, 3.05) is 13.7 Å². The zero-order chi connectivity index (χ0) is 14.4. The molecule has 1 heterocycles. The topological polar surface area (TPSA) is 44.2 Å². The molecule has 0 saturated carbocycles. The average Bonchev–Trinajstić information content (AvgIpc) is 2.46. The van der Waals surface area contributed by atoms with Crippen molar-refractivity contribution in [3.05, 3.63) is 41.7 Å². The molecule has 1 aromatic heterocycles. The maximum atomic E-state index is 5.38. The Morgan fingerprint density at radius 1 is 1.20 bits per heavy atom. The van der Waals surface area contributed by atoms with Gasteiger partial charge in [-0.2, -0.15) is 0 Å². The van der Waals surface area contributed by atoms with E-state index in [9.17, 15) is 0 Å². The Morgan fingerprint density at radius 2 is 2.05 bits per heavy atom. The van der Waals surface area contributed by atoms with Crippen LogP contribution in [0, 0.1) is 6.92 Å². The molecule has 0 aliphatic carbocycles. The SMILES string of the molecule is CCOc1cc(SCc2cc(C)ccc2OC)ncn1. The smallest absolute Gasteiger partial charge is 0.217 e. The number of aryl methyl sites for hydroxylation is 1. The van der Waals surface area contributed by atoms with Crippen molar-refractivity contribution in [2.24, 2.45) is 0 Å². The summed E-state index contributed by atoms with van der Waals surface area (Å²) in [6, 6.07) is 8.04. The summed E-state index contributed by atoms with van der Waals surface area (Å²) in [5.41, 5.74) is 2.38. The molecule has 20 heavy (non-hydrogen) atoms. The highest BCUT2D eigenvalue weighted by atomic mass is 32.2. The van der Waals surface area contributed by atoms with Crippen molar-refractivity contribution in [3.63, 3.8) is 0 Å². The molecule has 2 rings (SSSR count). The molecule has 0 N–H and O–H groups in total. The molecule has 0 radical (unpaired) electrons. The quantitative estimate of drug-likeness (QED) is 0.602. The van der Waals surface area contributed by atoms with Gasteiger partial charge in [0.1, 0.15) is 17.1 Å². The first-order valence-corrected chi connectivity index (χ1v) is 7.42. The van der Waals surface area contributed by atoms with Crippen LogP contribution in [0.25, 0.3) is 0 Å². The first-order chi connectivity index (χ1) is 9.72. The van der Waals surface area contributed by atoms with E-state index in [0.717, 1.165) is 22.1 Å². The molecule has 0 aliphatic heterocycles. The zero-order valence-corrected chi connectivity index (χ0v) is 12.7. The molecule has 0 amide bonds. The van der Waals surface area contributed by atoms with Crippen molar-refractivity contribution in [3.8, 4) is 11.6 Å². The standard InChI is InChI=1S/C15H18N2O2S/c1-4-19-14-8-15(17-10-16-14)20-9-12-7-11(2)5-6-13(12)18-3/h5-8,10H,4,9H2,1-3H3. The van der Waals surface area contributed by atoms with Crippen LogP contribution in [0.1, 0.15) is 18.1 Å². The van der Waals surface area contributed by atoms with Crippen LogP contribution in [0.3, 0.4) is 0 Å².